The van der Waals surface area contributed by atoms with Gasteiger partial charge in [-0.15, -0.1) is 0 Å². The van der Waals surface area contributed by atoms with Crippen molar-refractivity contribution in [1.29, 1.82) is 0 Å². The topological polar surface area (TPSA) is 109 Å². The van der Waals surface area contributed by atoms with Crippen LogP contribution in [0.3, 0.4) is 0 Å². The van der Waals surface area contributed by atoms with Crippen LogP contribution in [-0.2, 0) is 19.7 Å². The van der Waals surface area contributed by atoms with Gasteiger partial charge in [0.1, 0.15) is 5.78 Å². The number of carbonyl (C=O) groups excluding carboxylic acids is 1. The average molecular weight is 399 g/mol. The molecule has 4 bridgehead atoms. The highest BCUT2D eigenvalue weighted by molar-refractivity contribution is 7.85. The monoisotopic (exact) mass is 398 g/mol. The van der Waals surface area contributed by atoms with E-state index in [-0.39, 0.29) is 17.1 Å². The van der Waals surface area contributed by atoms with E-state index in [1.807, 2.05) is 19.9 Å². The zero-order chi connectivity index (χ0) is 20.3. The Morgan fingerprint density at radius 1 is 1.11 bits per heavy atom. The first-order valence-corrected chi connectivity index (χ1v) is 11.3. The lowest BCUT2D eigenvalue weighted by atomic mass is 9.59. The number of hydrogen-bond acceptors (Lipinski definition) is 4. The number of carboxylic acid groups (broad SMARTS) is 1. The fraction of sp³-hybridized carbons (Fsp3) is 0.800. The van der Waals surface area contributed by atoms with E-state index in [0.29, 0.717) is 18.3 Å². The molecular formula is C20H30O6S. The van der Waals surface area contributed by atoms with Crippen LogP contribution in [0.4, 0.5) is 0 Å². The molecule has 152 valence electrons. The van der Waals surface area contributed by atoms with Gasteiger partial charge in [0.2, 0.25) is 0 Å². The van der Waals surface area contributed by atoms with Crippen molar-refractivity contribution in [3.05, 3.63) is 12.2 Å². The third kappa shape index (κ3) is 3.27. The second-order valence-corrected chi connectivity index (χ2v) is 11.3. The summed E-state index contributed by atoms with van der Waals surface area (Å²) < 4.78 is 31.0. The van der Waals surface area contributed by atoms with E-state index in [2.05, 4.69) is 13.0 Å². The molecule has 2 N–H and O–H groups in total. The molecule has 7 heteroatoms. The summed E-state index contributed by atoms with van der Waals surface area (Å²) in [4.78, 5) is 22.9. The quantitative estimate of drug-likeness (QED) is 0.556. The molecule has 0 saturated heterocycles. The van der Waals surface area contributed by atoms with E-state index >= 15 is 0 Å². The van der Waals surface area contributed by atoms with Crippen molar-refractivity contribution in [2.75, 3.05) is 5.75 Å². The van der Waals surface area contributed by atoms with Crippen LogP contribution >= 0.6 is 0 Å². The van der Waals surface area contributed by atoms with E-state index in [9.17, 15) is 18.0 Å². The van der Waals surface area contributed by atoms with Gasteiger partial charge in [-0.2, -0.15) is 8.42 Å². The summed E-state index contributed by atoms with van der Waals surface area (Å²) in [5.41, 5.74) is -1.32. The van der Waals surface area contributed by atoms with Gasteiger partial charge in [-0.3, -0.25) is 14.1 Å². The van der Waals surface area contributed by atoms with Gasteiger partial charge in [0.15, 0.2) is 0 Å². The Labute approximate surface area is 161 Å². The third-order valence-corrected chi connectivity index (χ3v) is 8.94. The molecule has 5 aliphatic carbocycles. The van der Waals surface area contributed by atoms with Crippen LogP contribution in [0.25, 0.3) is 0 Å². The van der Waals surface area contributed by atoms with Crippen molar-refractivity contribution in [2.24, 2.45) is 27.6 Å². The Bertz CT molecular complexity index is 785. The van der Waals surface area contributed by atoms with Crippen molar-refractivity contribution >= 4 is 21.9 Å². The summed E-state index contributed by atoms with van der Waals surface area (Å²) >= 11 is 0. The molecule has 0 aromatic heterocycles. The first kappa shape index (κ1) is 20.5. The molecule has 0 amide bonds. The summed E-state index contributed by atoms with van der Waals surface area (Å²) in [5, 5.41) is 9.05. The minimum Gasteiger partial charge on any atom is -0.481 e. The highest BCUT2D eigenvalue weighted by Gasteiger charge is 2.65. The van der Waals surface area contributed by atoms with Gasteiger partial charge in [-0.25, -0.2) is 0 Å². The van der Waals surface area contributed by atoms with Crippen LogP contribution in [0.5, 0.6) is 0 Å². The number of hydrogen-bond donors (Lipinski definition) is 2. The van der Waals surface area contributed by atoms with Gasteiger partial charge in [0, 0.05) is 6.42 Å². The fourth-order valence-corrected chi connectivity index (χ4v) is 6.97. The SMILES string of the molecule is CC1(C)C2CCC1(CS(=O)(=O)O)C(=O)C2.CC12C=CC(C(=O)O)(CC1)CC2. The maximum atomic E-state index is 11.9. The van der Waals surface area contributed by atoms with Gasteiger partial charge < -0.3 is 5.11 Å². The maximum absolute atomic E-state index is 11.9. The van der Waals surface area contributed by atoms with Gasteiger partial charge in [-0.05, 0) is 55.3 Å². The van der Waals surface area contributed by atoms with Crippen molar-refractivity contribution in [3.63, 3.8) is 0 Å². The molecule has 3 saturated carbocycles. The van der Waals surface area contributed by atoms with Crippen LogP contribution in [-0.4, -0.2) is 35.6 Å². The van der Waals surface area contributed by atoms with Gasteiger partial charge >= 0.3 is 5.97 Å². The van der Waals surface area contributed by atoms with Crippen molar-refractivity contribution < 1.29 is 27.7 Å². The number of carbonyl (C=O) groups is 2. The highest BCUT2D eigenvalue weighted by atomic mass is 32.2. The largest absolute Gasteiger partial charge is 0.481 e. The number of ketones is 1. The average Bonchev–Trinajstić information content (AvgIpc) is 2.89. The lowest BCUT2D eigenvalue weighted by molar-refractivity contribution is -0.149. The molecular weight excluding hydrogens is 368 g/mol. The highest BCUT2D eigenvalue weighted by Crippen LogP contribution is 2.64. The summed E-state index contributed by atoms with van der Waals surface area (Å²) in [5.74, 6) is -0.740. The molecule has 0 radical (unpaired) electrons. The number of aliphatic carboxylic acids is 1. The third-order valence-electron chi connectivity index (χ3n) is 8.08. The lowest BCUT2D eigenvalue weighted by Gasteiger charge is -2.44. The van der Waals surface area contributed by atoms with Gasteiger partial charge in [-0.1, -0.05) is 32.9 Å². The number of carboxylic acids is 1. The molecule has 6 nitrogen and oxygen atoms in total. The molecule has 27 heavy (non-hydrogen) atoms. The molecule has 5 aliphatic rings. The van der Waals surface area contributed by atoms with Crippen LogP contribution in [0, 0.1) is 27.6 Å². The number of Topliss-reactive ketones (excluding diaryl/α,β-unsaturated/α-hetero) is 1. The van der Waals surface area contributed by atoms with Gasteiger partial charge in [0.05, 0.1) is 16.6 Å². The zero-order valence-electron chi connectivity index (χ0n) is 16.3. The second-order valence-electron chi connectivity index (χ2n) is 9.84. The Hall–Kier alpha value is -1.21. The molecule has 2 atom stereocenters. The van der Waals surface area contributed by atoms with Crippen LogP contribution in [0.2, 0.25) is 0 Å². The molecule has 0 aromatic carbocycles. The van der Waals surface area contributed by atoms with Crippen molar-refractivity contribution in [2.45, 2.75) is 65.7 Å². The minimum absolute atomic E-state index is 0.0152. The molecule has 0 aliphatic heterocycles. The number of allylic oxidation sites excluding steroid dienone is 1. The summed E-state index contributed by atoms with van der Waals surface area (Å²) in [6, 6.07) is 0. The zero-order valence-corrected chi connectivity index (χ0v) is 17.1. The molecule has 0 aromatic rings. The van der Waals surface area contributed by atoms with E-state index in [1.54, 1.807) is 0 Å². The number of rotatable bonds is 3. The Morgan fingerprint density at radius 2 is 1.70 bits per heavy atom. The summed E-state index contributed by atoms with van der Waals surface area (Å²) in [6.07, 6.45) is 9.73. The standard InChI is InChI=1S/C10H16O4S.C10H14O2/c1-9(2)7-3-4-10(9,8(11)5-7)6-15(12,13)14;1-9-2-5-10(6-3-9,7-4-9)8(11)12/h7H,3-6H2,1-2H3,(H,12,13,14);2,5H,3-4,6-7H2,1H3,(H,11,12). The van der Waals surface area contributed by atoms with Crippen molar-refractivity contribution in [1.82, 2.24) is 0 Å². The Kier molecular flexibility index (Phi) is 4.67. The van der Waals surface area contributed by atoms with E-state index in [4.69, 9.17) is 9.66 Å². The molecule has 5 rings (SSSR count). The minimum atomic E-state index is -4.08. The lowest BCUT2D eigenvalue weighted by Crippen LogP contribution is -2.42. The van der Waals surface area contributed by atoms with E-state index in [1.165, 1.54) is 0 Å². The van der Waals surface area contributed by atoms with Crippen molar-refractivity contribution in [3.8, 4) is 0 Å². The molecule has 3 fully saturated rings. The molecule has 0 spiro atoms. The predicted octanol–water partition coefficient (Wildman–Crippen LogP) is 3.48. The first-order valence-electron chi connectivity index (χ1n) is 9.68. The fourth-order valence-electron chi connectivity index (χ4n) is 5.67. The van der Waals surface area contributed by atoms with Crippen LogP contribution in [0.1, 0.15) is 65.7 Å². The maximum Gasteiger partial charge on any atom is 0.313 e. The van der Waals surface area contributed by atoms with Crippen LogP contribution < -0.4 is 0 Å². The Balaban J connectivity index is 0.000000159. The Morgan fingerprint density at radius 3 is 2.04 bits per heavy atom. The molecule has 0 heterocycles. The second kappa shape index (κ2) is 6.14. The normalized spacial score (nSPS) is 41.3. The number of fused-ring (bicyclic) bond motifs is 4. The van der Waals surface area contributed by atoms with E-state index < -0.39 is 32.7 Å². The first-order chi connectivity index (χ1) is 12.3. The summed E-state index contributed by atoms with van der Waals surface area (Å²) in [7, 11) is -4.08. The predicted molar refractivity (Wildman–Crippen MR) is 101 cm³/mol. The van der Waals surface area contributed by atoms with E-state index in [0.717, 1.165) is 32.1 Å². The summed E-state index contributed by atoms with van der Waals surface area (Å²) in [6.45, 7) is 6.11. The van der Waals surface area contributed by atoms with Gasteiger partial charge in [0.25, 0.3) is 10.1 Å². The smallest absolute Gasteiger partial charge is 0.313 e. The van der Waals surface area contributed by atoms with Crippen LogP contribution in [0.15, 0.2) is 12.2 Å². The molecule has 2 unspecified atom stereocenters.